The van der Waals surface area contributed by atoms with Gasteiger partial charge < -0.3 is 15.2 Å². The molecule has 124 valence electrons. The zero-order chi connectivity index (χ0) is 17.2. The predicted octanol–water partition coefficient (Wildman–Crippen LogP) is 3.47. The molecular weight excluding hydrogens is 306 g/mol. The van der Waals surface area contributed by atoms with Crippen LogP contribution in [0.1, 0.15) is 18.4 Å². The van der Waals surface area contributed by atoms with Gasteiger partial charge in [-0.25, -0.2) is 0 Å². The Hall–Kier alpha value is -3.08. The van der Waals surface area contributed by atoms with E-state index in [2.05, 4.69) is 5.32 Å². The summed E-state index contributed by atoms with van der Waals surface area (Å²) in [6.07, 6.45) is 3.56. The van der Waals surface area contributed by atoms with Crippen molar-refractivity contribution in [2.45, 2.75) is 12.8 Å². The standard InChI is InChI=1S/C19H19NO4/c21-18(20-13-5-10-19(22)23)12-11-15-6-4-9-17(14-15)24-16-7-2-1-3-8-16/h1-4,6-9,11-12,14H,5,10,13H2,(H,20,21)(H,22,23)/b12-11+. The average Bonchev–Trinajstić information content (AvgIpc) is 2.58. The van der Waals surface area contributed by atoms with Crippen molar-refractivity contribution < 1.29 is 19.4 Å². The van der Waals surface area contributed by atoms with Gasteiger partial charge in [-0.2, -0.15) is 0 Å². The van der Waals surface area contributed by atoms with Crippen LogP contribution in [0.3, 0.4) is 0 Å². The number of hydrogen-bond donors (Lipinski definition) is 2. The maximum Gasteiger partial charge on any atom is 0.303 e. The average molecular weight is 325 g/mol. The molecule has 0 spiro atoms. The highest BCUT2D eigenvalue weighted by Gasteiger charge is 2.00. The maximum atomic E-state index is 11.7. The molecule has 0 aliphatic rings. The minimum atomic E-state index is -0.866. The molecule has 0 heterocycles. The number of rotatable bonds is 8. The Kier molecular flexibility index (Phi) is 6.58. The summed E-state index contributed by atoms with van der Waals surface area (Å²) >= 11 is 0. The van der Waals surface area contributed by atoms with Crippen LogP contribution >= 0.6 is 0 Å². The summed E-state index contributed by atoms with van der Waals surface area (Å²) in [5.74, 6) is 0.310. The lowest BCUT2D eigenvalue weighted by atomic mass is 10.2. The second-order valence-electron chi connectivity index (χ2n) is 5.11. The number of nitrogens with one attached hydrogen (secondary N) is 1. The summed E-state index contributed by atoms with van der Waals surface area (Å²) in [5, 5.41) is 11.2. The Morgan fingerprint density at radius 3 is 2.54 bits per heavy atom. The Bertz CT molecular complexity index is 710. The van der Waals surface area contributed by atoms with Crippen molar-refractivity contribution in [3.8, 4) is 11.5 Å². The zero-order valence-corrected chi connectivity index (χ0v) is 13.1. The number of ether oxygens (including phenoxy) is 1. The largest absolute Gasteiger partial charge is 0.481 e. The fourth-order valence-corrected chi connectivity index (χ4v) is 1.99. The second kappa shape index (κ2) is 9.15. The van der Waals surface area contributed by atoms with Crippen molar-refractivity contribution in [2.24, 2.45) is 0 Å². The molecule has 0 fully saturated rings. The highest BCUT2D eigenvalue weighted by Crippen LogP contribution is 2.22. The molecule has 2 aromatic rings. The Morgan fingerprint density at radius 2 is 1.79 bits per heavy atom. The smallest absolute Gasteiger partial charge is 0.303 e. The predicted molar refractivity (Wildman–Crippen MR) is 91.9 cm³/mol. The van der Waals surface area contributed by atoms with Crippen molar-refractivity contribution in [2.75, 3.05) is 6.54 Å². The van der Waals surface area contributed by atoms with Gasteiger partial charge in [-0.05, 0) is 42.3 Å². The Morgan fingerprint density at radius 1 is 1.04 bits per heavy atom. The Balaban J connectivity index is 1.87. The molecule has 0 unspecified atom stereocenters. The summed E-state index contributed by atoms with van der Waals surface area (Å²) in [7, 11) is 0. The summed E-state index contributed by atoms with van der Waals surface area (Å²) in [5.41, 5.74) is 0.837. The van der Waals surface area contributed by atoms with Crippen molar-refractivity contribution in [1.29, 1.82) is 0 Å². The molecule has 0 aliphatic carbocycles. The molecule has 0 atom stereocenters. The number of para-hydroxylation sites is 1. The molecule has 2 N–H and O–H groups in total. The van der Waals surface area contributed by atoms with Crippen LogP contribution in [-0.2, 0) is 9.59 Å². The van der Waals surface area contributed by atoms with E-state index in [4.69, 9.17) is 9.84 Å². The normalized spacial score (nSPS) is 10.5. The lowest BCUT2D eigenvalue weighted by molar-refractivity contribution is -0.137. The fourth-order valence-electron chi connectivity index (χ4n) is 1.99. The molecule has 24 heavy (non-hydrogen) atoms. The van der Waals surface area contributed by atoms with Gasteiger partial charge >= 0.3 is 5.97 Å². The van der Waals surface area contributed by atoms with Crippen LogP contribution in [0.4, 0.5) is 0 Å². The van der Waals surface area contributed by atoms with Crippen LogP contribution in [0, 0.1) is 0 Å². The molecular formula is C19H19NO4. The molecule has 5 nitrogen and oxygen atoms in total. The van der Waals surface area contributed by atoms with Crippen LogP contribution in [0.15, 0.2) is 60.7 Å². The van der Waals surface area contributed by atoms with Crippen molar-refractivity contribution in [1.82, 2.24) is 5.32 Å². The first-order valence-electron chi connectivity index (χ1n) is 7.64. The molecule has 2 aromatic carbocycles. The van der Waals surface area contributed by atoms with Gasteiger partial charge in [0.05, 0.1) is 0 Å². The SMILES string of the molecule is O=C(O)CCCNC(=O)/C=C/c1cccc(Oc2ccccc2)c1. The van der Waals surface area contributed by atoms with Crippen LogP contribution in [0.25, 0.3) is 6.08 Å². The van der Waals surface area contributed by atoms with Gasteiger partial charge in [-0.3, -0.25) is 9.59 Å². The van der Waals surface area contributed by atoms with Crippen LogP contribution in [0.5, 0.6) is 11.5 Å². The van der Waals surface area contributed by atoms with Crippen molar-refractivity contribution in [3.05, 3.63) is 66.2 Å². The molecule has 0 aromatic heterocycles. The highest BCUT2D eigenvalue weighted by molar-refractivity contribution is 5.91. The molecule has 0 saturated heterocycles. The topological polar surface area (TPSA) is 75.6 Å². The van der Waals surface area contributed by atoms with E-state index in [1.807, 2.05) is 54.6 Å². The minimum Gasteiger partial charge on any atom is -0.481 e. The maximum absolute atomic E-state index is 11.7. The highest BCUT2D eigenvalue weighted by atomic mass is 16.5. The monoisotopic (exact) mass is 325 g/mol. The summed E-state index contributed by atoms with van der Waals surface area (Å²) < 4.78 is 5.74. The summed E-state index contributed by atoms with van der Waals surface area (Å²) in [4.78, 5) is 22.0. The first-order valence-corrected chi connectivity index (χ1v) is 7.64. The third-order valence-electron chi connectivity index (χ3n) is 3.13. The molecule has 0 bridgehead atoms. The second-order valence-corrected chi connectivity index (χ2v) is 5.11. The molecule has 0 aliphatic heterocycles. The summed E-state index contributed by atoms with van der Waals surface area (Å²) in [6, 6.07) is 16.8. The first-order chi connectivity index (χ1) is 11.6. The van der Waals surface area contributed by atoms with E-state index < -0.39 is 5.97 Å². The van der Waals surface area contributed by atoms with Gasteiger partial charge in [0.15, 0.2) is 0 Å². The zero-order valence-electron chi connectivity index (χ0n) is 13.1. The number of hydrogen-bond acceptors (Lipinski definition) is 3. The first kappa shape index (κ1) is 17.3. The molecule has 1 amide bonds. The number of amides is 1. The molecule has 2 rings (SSSR count). The van der Waals surface area contributed by atoms with Crippen molar-refractivity contribution in [3.63, 3.8) is 0 Å². The number of carboxylic acid groups (broad SMARTS) is 1. The van der Waals surface area contributed by atoms with Gasteiger partial charge in [0.1, 0.15) is 11.5 Å². The van der Waals surface area contributed by atoms with Gasteiger partial charge in [-0.1, -0.05) is 30.3 Å². The molecule has 0 saturated carbocycles. The van der Waals surface area contributed by atoms with Crippen molar-refractivity contribution >= 4 is 18.0 Å². The van der Waals surface area contributed by atoms with Crippen LogP contribution < -0.4 is 10.1 Å². The third kappa shape index (κ3) is 6.36. The van der Waals surface area contributed by atoms with E-state index in [-0.39, 0.29) is 12.3 Å². The number of carbonyl (C=O) groups is 2. The summed E-state index contributed by atoms with van der Waals surface area (Å²) in [6.45, 7) is 0.340. The quantitative estimate of drug-likeness (QED) is 0.575. The van der Waals surface area contributed by atoms with E-state index in [1.54, 1.807) is 6.08 Å². The number of carboxylic acids is 1. The van der Waals surface area contributed by atoms with Gasteiger partial charge in [0.2, 0.25) is 5.91 Å². The lowest BCUT2D eigenvalue weighted by Crippen LogP contribution is -2.22. The number of benzene rings is 2. The van der Waals surface area contributed by atoms with E-state index in [1.165, 1.54) is 6.08 Å². The van der Waals surface area contributed by atoms with Gasteiger partial charge in [0, 0.05) is 19.0 Å². The fraction of sp³-hybridized carbons (Fsp3) is 0.158. The van der Waals surface area contributed by atoms with E-state index in [0.29, 0.717) is 18.7 Å². The molecule has 0 radical (unpaired) electrons. The van der Waals surface area contributed by atoms with Crippen LogP contribution in [0.2, 0.25) is 0 Å². The third-order valence-corrected chi connectivity index (χ3v) is 3.13. The van der Waals surface area contributed by atoms with Crippen LogP contribution in [-0.4, -0.2) is 23.5 Å². The number of aliphatic carboxylic acids is 1. The molecule has 5 heteroatoms. The Labute approximate surface area is 140 Å². The lowest BCUT2D eigenvalue weighted by Gasteiger charge is -2.06. The van der Waals surface area contributed by atoms with E-state index in [9.17, 15) is 9.59 Å². The van der Waals surface area contributed by atoms with Gasteiger partial charge in [-0.15, -0.1) is 0 Å². The number of carbonyl (C=O) groups excluding carboxylic acids is 1. The van der Waals surface area contributed by atoms with E-state index >= 15 is 0 Å². The minimum absolute atomic E-state index is 0.0445. The van der Waals surface area contributed by atoms with Gasteiger partial charge in [0.25, 0.3) is 0 Å². The van der Waals surface area contributed by atoms with E-state index in [0.717, 1.165) is 11.3 Å².